The summed E-state index contributed by atoms with van der Waals surface area (Å²) in [4.78, 5) is 33.7. The molecule has 0 spiro atoms. The van der Waals surface area contributed by atoms with Gasteiger partial charge in [-0.1, -0.05) is 30.3 Å². The van der Waals surface area contributed by atoms with Gasteiger partial charge in [-0.25, -0.2) is 4.98 Å². The SMILES string of the molecule is CC(=O)N(CCn1ccnc1C)C1CCN(C(=O)C2(c3ccccc3)CC2)C1. The minimum absolute atomic E-state index is 0.0706. The molecule has 2 aliphatic rings. The minimum Gasteiger partial charge on any atom is -0.340 e. The van der Waals surface area contributed by atoms with Crippen LogP contribution in [0.15, 0.2) is 42.7 Å². The standard InChI is InChI=1S/C22H28N4O2/c1-17-23-11-13-24(17)14-15-26(18(2)27)20-8-12-25(16-20)21(28)22(9-10-22)19-6-4-3-5-7-19/h3-7,11,13,20H,8-10,12,14-16H2,1-2H3. The van der Waals surface area contributed by atoms with E-state index in [1.165, 1.54) is 0 Å². The number of amides is 2. The van der Waals surface area contributed by atoms with Crippen LogP contribution in [0.3, 0.4) is 0 Å². The number of nitrogens with zero attached hydrogens (tertiary/aromatic N) is 4. The molecule has 2 aromatic rings. The van der Waals surface area contributed by atoms with Gasteiger partial charge in [-0.05, 0) is 31.7 Å². The van der Waals surface area contributed by atoms with Crippen LogP contribution in [-0.4, -0.2) is 56.8 Å². The molecule has 4 rings (SSSR count). The molecule has 148 valence electrons. The molecule has 6 nitrogen and oxygen atoms in total. The number of rotatable bonds is 6. The molecule has 1 unspecified atom stereocenters. The van der Waals surface area contributed by atoms with Crippen molar-refractivity contribution < 1.29 is 9.59 Å². The third kappa shape index (κ3) is 3.43. The predicted octanol–water partition coefficient (Wildman–Crippen LogP) is 2.37. The van der Waals surface area contributed by atoms with Gasteiger partial charge in [0.05, 0.1) is 11.5 Å². The van der Waals surface area contributed by atoms with Gasteiger partial charge in [0.1, 0.15) is 5.82 Å². The summed E-state index contributed by atoms with van der Waals surface area (Å²) >= 11 is 0. The number of hydrogen-bond acceptors (Lipinski definition) is 3. The molecule has 1 saturated heterocycles. The first kappa shape index (κ1) is 18.7. The smallest absolute Gasteiger partial charge is 0.233 e. The second kappa shape index (κ2) is 7.41. The Morgan fingerprint density at radius 2 is 2.00 bits per heavy atom. The number of aromatic nitrogens is 2. The van der Waals surface area contributed by atoms with E-state index in [-0.39, 0.29) is 23.3 Å². The van der Waals surface area contributed by atoms with E-state index in [1.54, 1.807) is 13.1 Å². The molecule has 1 atom stereocenters. The van der Waals surface area contributed by atoms with Crippen molar-refractivity contribution in [3.05, 3.63) is 54.1 Å². The zero-order valence-electron chi connectivity index (χ0n) is 16.7. The molecule has 1 aliphatic carbocycles. The molecule has 28 heavy (non-hydrogen) atoms. The van der Waals surface area contributed by atoms with Gasteiger partial charge in [0.15, 0.2) is 0 Å². The second-order valence-electron chi connectivity index (χ2n) is 8.02. The van der Waals surface area contributed by atoms with Gasteiger partial charge < -0.3 is 14.4 Å². The van der Waals surface area contributed by atoms with Gasteiger partial charge in [0, 0.05) is 45.5 Å². The lowest BCUT2D eigenvalue weighted by Gasteiger charge is -2.29. The van der Waals surface area contributed by atoms with Crippen molar-refractivity contribution in [3.8, 4) is 0 Å². The number of likely N-dealkylation sites (tertiary alicyclic amines) is 1. The van der Waals surface area contributed by atoms with E-state index in [4.69, 9.17) is 0 Å². The molecule has 1 aromatic heterocycles. The summed E-state index contributed by atoms with van der Waals surface area (Å²) in [7, 11) is 0. The van der Waals surface area contributed by atoms with Crippen LogP contribution in [0.2, 0.25) is 0 Å². The average Bonchev–Trinajstić information content (AvgIpc) is 3.19. The van der Waals surface area contributed by atoms with Crippen molar-refractivity contribution in [1.82, 2.24) is 19.4 Å². The lowest BCUT2D eigenvalue weighted by molar-refractivity contribution is -0.135. The summed E-state index contributed by atoms with van der Waals surface area (Å²) in [6.45, 7) is 6.32. The first-order valence-electron chi connectivity index (χ1n) is 10.1. The second-order valence-corrected chi connectivity index (χ2v) is 8.02. The quantitative estimate of drug-likeness (QED) is 0.773. The highest BCUT2D eigenvalue weighted by Gasteiger charge is 2.53. The van der Waals surface area contributed by atoms with Gasteiger partial charge >= 0.3 is 0 Å². The van der Waals surface area contributed by atoms with Crippen molar-refractivity contribution in [2.24, 2.45) is 0 Å². The maximum Gasteiger partial charge on any atom is 0.233 e. The number of imidazole rings is 1. The molecular weight excluding hydrogens is 352 g/mol. The van der Waals surface area contributed by atoms with Crippen molar-refractivity contribution in [2.75, 3.05) is 19.6 Å². The molecule has 0 bridgehead atoms. The van der Waals surface area contributed by atoms with Crippen LogP contribution in [-0.2, 0) is 21.5 Å². The highest BCUT2D eigenvalue weighted by molar-refractivity contribution is 5.91. The van der Waals surface area contributed by atoms with E-state index >= 15 is 0 Å². The van der Waals surface area contributed by atoms with Gasteiger partial charge in [-0.15, -0.1) is 0 Å². The van der Waals surface area contributed by atoms with E-state index < -0.39 is 0 Å². The molecule has 2 fully saturated rings. The van der Waals surface area contributed by atoms with Gasteiger partial charge in [0.25, 0.3) is 0 Å². The van der Waals surface area contributed by atoms with Crippen LogP contribution >= 0.6 is 0 Å². The fraction of sp³-hybridized carbons (Fsp3) is 0.500. The Bertz CT molecular complexity index is 856. The van der Waals surface area contributed by atoms with Crippen LogP contribution < -0.4 is 0 Å². The zero-order valence-corrected chi connectivity index (χ0v) is 16.7. The summed E-state index contributed by atoms with van der Waals surface area (Å²) < 4.78 is 2.06. The highest BCUT2D eigenvalue weighted by Crippen LogP contribution is 2.50. The van der Waals surface area contributed by atoms with E-state index in [0.717, 1.165) is 43.7 Å². The molecule has 1 aliphatic heterocycles. The Morgan fingerprint density at radius 1 is 1.25 bits per heavy atom. The number of aryl methyl sites for hydroxylation is 1. The topological polar surface area (TPSA) is 58.4 Å². The Morgan fingerprint density at radius 3 is 2.61 bits per heavy atom. The molecule has 2 heterocycles. The molecule has 0 radical (unpaired) electrons. The highest BCUT2D eigenvalue weighted by atomic mass is 16.2. The normalized spacial score (nSPS) is 20.2. The number of carbonyl (C=O) groups is 2. The number of carbonyl (C=O) groups excluding carboxylic acids is 2. The number of hydrogen-bond donors (Lipinski definition) is 0. The fourth-order valence-electron chi connectivity index (χ4n) is 4.44. The molecule has 0 N–H and O–H groups in total. The molecule has 2 amide bonds. The lowest BCUT2D eigenvalue weighted by Crippen LogP contribution is -2.44. The molecule has 1 aromatic carbocycles. The summed E-state index contributed by atoms with van der Waals surface area (Å²) in [5.74, 6) is 1.25. The predicted molar refractivity (Wildman–Crippen MR) is 107 cm³/mol. The minimum atomic E-state index is -0.328. The largest absolute Gasteiger partial charge is 0.340 e. The molecule has 1 saturated carbocycles. The van der Waals surface area contributed by atoms with Crippen molar-refractivity contribution in [3.63, 3.8) is 0 Å². The first-order valence-corrected chi connectivity index (χ1v) is 10.1. The first-order chi connectivity index (χ1) is 13.5. The Kier molecular flexibility index (Phi) is 4.96. The van der Waals surface area contributed by atoms with Gasteiger partial charge in [-0.2, -0.15) is 0 Å². The Hall–Kier alpha value is -2.63. The van der Waals surface area contributed by atoms with E-state index in [2.05, 4.69) is 21.7 Å². The Balaban J connectivity index is 1.41. The third-order valence-electron chi connectivity index (χ3n) is 6.29. The summed E-state index contributed by atoms with van der Waals surface area (Å²) in [6.07, 6.45) is 6.41. The van der Waals surface area contributed by atoms with Gasteiger partial charge in [0.2, 0.25) is 11.8 Å². The maximum absolute atomic E-state index is 13.3. The van der Waals surface area contributed by atoms with Crippen molar-refractivity contribution >= 4 is 11.8 Å². The van der Waals surface area contributed by atoms with E-state index in [9.17, 15) is 9.59 Å². The maximum atomic E-state index is 13.3. The summed E-state index contributed by atoms with van der Waals surface area (Å²) in [5, 5.41) is 0. The van der Waals surface area contributed by atoms with Crippen LogP contribution in [0.1, 0.15) is 37.6 Å². The average molecular weight is 380 g/mol. The molecule has 6 heteroatoms. The lowest BCUT2D eigenvalue weighted by atomic mass is 9.94. The number of benzene rings is 1. The van der Waals surface area contributed by atoms with Crippen LogP contribution in [0.5, 0.6) is 0 Å². The Labute approximate surface area is 166 Å². The van der Waals surface area contributed by atoms with Crippen molar-refractivity contribution in [2.45, 2.75) is 51.1 Å². The summed E-state index contributed by atoms with van der Waals surface area (Å²) in [6, 6.07) is 10.2. The third-order valence-corrected chi connectivity index (χ3v) is 6.29. The van der Waals surface area contributed by atoms with Gasteiger partial charge in [-0.3, -0.25) is 9.59 Å². The van der Waals surface area contributed by atoms with Crippen LogP contribution in [0.4, 0.5) is 0 Å². The van der Waals surface area contributed by atoms with Crippen LogP contribution in [0, 0.1) is 6.92 Å². The van der Waals surface area contributed by atoms with E-state index in [0.29, 0.717) is 13.1 Å². The summed E-state index contributed by atoms with van der Waals surface area (Å²) in [5.41, 5.74) is 0.799. The monoisotopic (exact) mass is 380 g/mol. The molecular formula is C22H28N4O2. The zero-order chi connectivity index (χ0) is 19.7. The fourth-order valence-corrected chi connectivity index (χ4v) is 4.44. The van der Waals surface area contributed by atoms with E-state index in [1.807, 2.05) is 41.1 Å². The van der Waals surface area contributed by atoms with Crippen LogP contribution in [0.25, 0.3) is 0 Å². The van der Waals surface area contributed by atoms with Crippen molar-refractivity contribution in [1.29, 1.82) is 0 Å².